The van der Waals surface area contributed by atoms with Gasteiger partial charge in [0.15, 0.2) is 0 Å². The lowest BCUT2D eigenvalue weighted by Gasteiger charge is -2.20. The van der Waals surface area contributed by atoms with Gasteiger partial charge in [0.25, 0.3) is 0 Å². The average molecular weight is 339 g/mol. The Morgan fingerprint density at radius 2 is 2.08 bits per heavy atom. The molecule has 0 N–H and O–H groups in total. The SMILES string of the molecule is COCc1ccccc1-c1cnc2n1CCN(C(=O)[C@@H]1C[C@@H]1C)CC2. The van der Waals surface area contributed by atoms with Crippen molar-refractivity contribution in [2.75, 3.05) is 20.2 Å². The molecule has 25 heavy (non-hydrogen) atoms. The lowest BCUT2D eigenvalue weighted by Crippen LogP contribution is -2.35. The predicted octanol–water partition coefficient (Wildman–Crippen LogP) is 2.74. The van der Waals surface area contributed by atoms with E-state index in [9.17, 15) is 4.79 Å². The average Bonchev–Trinajstić information content (AvgIpc) is 3.28. The Bertz CT molecular complexity index is 783. The molecule has 1 aromatic carbocycles. The van der Waals surface area contributed by atoms with Crippen LogP contribution in [-0.4, -0.2) is 40.6 Å². The van der Waals surface area contributed by atoms with Crippen LogP contribution >= 0.6 is 0 Å². The van der Waals surface area contributed by atoms with Crippen molar-refractivity contribution in [3.63, 3.8) is 0 Å². The zero-order valence-electron chi connectivity index (χ0n) is 14.9. The predicted molar refractivity (Wildman–Crippen MR) is 95.9 cm³/mol. The van der Waals surface area contributed by atoms with Crippen molar-refractivity contribution in [2.45, 2.75) is 32.9 Å². The highest BCUT2D eigenvalue weighted by atomic mass is 16.5. The smallest absolute Gasteiger partial charge is 0.226 e. The van der Waals surface area contributed by atoms with Crippen LogP contribution in [0.25, 0.3) is 11.3 Å². The summed E-state index contributed by atoms with van der Waals surface area (Å²) in [5.41, 5.74) is 3.45. The molecule has 5 nitrogen and oxygen atoms in total. The molecule has 2 aliphatic rings. The second-order valence-electron chi connectivity index (χ2n) is 7.20. The van der Waals surface area contributed by atoms with Crippen molar-refractivity contribution in [2.24, 2.45) is 11.8 Å². The zero-order chi connectivity index (χ0) is 17.4. The van der Waals surface area contributed by atoms with E-state index in [0.717, 1.165) is 49.6 Å². The third kappa shape index (κ3) is 3.09. The van der Waals surface area contributed by atoms with Crippen LogP contribution in [0, 0.1) is 11.8 Å². The van der Waals surface area contributed by atoms with Crippen LogP contribution in [0.2, 0.25) is 0 Å². The molecule has 0 unspecified atom stereocenters. The summed E-state index contributed by atoms with van der Waals surface area (Å²) in [5.74, 6) is 2.22. The van der Waals surface area contributed by atoms with Gasteiger partial charge in [-0.05, 0) is 17.9 Å². The number of ether oxygens (including phenoxy) is 1. The molecule has 2 aromatic rings. The molecule has 1 amide bonds. The number of hydrogen-bond acceptors (Lipinski definition) is 3. The quantitative estimate of drug-likeness (QED) is 0.860. The van der Waals surface area contributed by atoms with Gasteiger partial charge in [0.05, 0.1) is 18.5 Å². The molecule has 2 heterocycles. The minimum absolute atomic E-state index is 0.257. The van der Waals surface area contributed by atoms with Gasteiger partial charge >= 0.3 is 0 Å². The molecule has 0 radical (unpaired) electrons. The second kappa shape index (κ2) is 6.64. The van der Waals surface area contributed by atoms with E-state index in [1.165, 1.54) is 5.56 Å². The summed E-state index contributed by atoms with van der Waals surface area (Å²) in [4.78, 5) is 19.3. The molecule has 132 valence electrons. The van der Waals surface area contributed by atoms with Gasteiger partial charge in [-0.2, -0.15) is 0 Å². The molecule has 1 fully saturated rings. The number of hydrogen-bond donors (Lipinski definition) is 0. The van der Waals surface area contributed by atoms with E-state index < -0.39 is 0 Å². The molecular weight excluding hydrogens is 314 g/mol. The minimum Gasteiger partial charge on any atom is -0.380 e. The number of carbonyl (C=O) groups excluding carboxylic acids is 1. The normalized spacial score (nSPS) is 22.4. The van der Waals surface area contributed by atoms with E-state index in [1.54, 1.807) is 7.11 Å². The molecule has 2 atom stereocenters. The molecule has 1 aliphatic carbocycles. The number of fused-ring (bicyclic) bond motifs is 1. The first-order valence-corrected chi connectivity index (χ1v) is 9.09. The van der Waals surface area contributed by atoms with Gasteiger partial charge in [-0.1, -0.05) is 31.2 Å². The Morgan fingerprint density at radius 1 is 1.28 bits per heavy atom. The third-order valence-corrected chi connectivity index (χ3v) is 5.47. The number of nitrogens with zero attached hydrogens (tertiary/aromatic N) is 3. The maximum atomic E-state index is 12.6. The summed E-state index contributed by atoms with van der Waals surface area (Å²) in [7, 11) is 1.72. The van der Waals surface area contributed by atoms with Gasteiger partial charge in [0.1, 0.15) is 5.82 Å². The first-order chi connectivity index (χ1) is 12.2. The van der Waals surface area contributed by atoms with E-state index >= 15 is 0 Å². The number of carbonyl (C=O) groups is 1. The highest BCUT2D eigenvalue weighted by Gasteiger charge is 2.41. The summed E-state index contributed by atoms with van der Waals surface area (Å²) in [5, 5.41) is 0. The first-order valence-electron chi connectivity index (χ1n) is 9.09. The van der Waals surface area contributed by atoms with E-state index in [1.807, 2.05) is 17.2 Å². The number of benzene rings is 1. The van der Waals surface area contributed by atoms with Crippen LogP contribution in [0.15, 0.2) is 30.5 Å². The molecule has 0 saturated heterocycles. The Balaban J connectivity index is 1.58. The fourth-order valence-corrected chi connectivity index (χ4v) is 3.82. The number of rotatable bonds is 4. The topological polar surface area (TPSA) is 47.4 Å². The van der Waals surface area contributed by atoms with Gasteiger partial charge in [-0.15, -0.1) is 0 Å². The molecule has 4 rings (SSSR count). The van der Waals surface area contributed by atoms with Crippen molar-refractivity contribution < 1.29 is 9.53 Å². The summed E-state index contributed by atoms with van der Waals surface area (Å²) in [6.45, 7) is 5.10. The first kappa shape index (κ1) is 16.3. The van der Waals surface area contributed by atoms with E-state index in [0.29, 0.717) is 18.4 Å². The van der Waals surface area contributed by atoms with E-state index in [4.69, 9.17) is 4.74 Å². The van der Waals surface area contributed by atoms with Gasteiger partial charge in [0, 0.05) is 44.6 Å². The van der Waals surface area contributed by atoms with Gasteiger partial charge in [0.2, 0.25) is 5.91 Å². The molecule has 1 aliphatic heterocycles. The number of methoxy groups -OCH3 is 1. The summed E-state index contributed by atoms with van der Waals surface area (Å²) in [6.07, 6.45) is 3.83. The lowest BCUT2D eigenvalue weighted by atomic mass is 10.1. The van der Waals surface area contributed by atoms with E-state index in [2.05, 4.69) is 34.7 Å². The van der Waals surface area contributed by atoms with Crippen LogP contribution in [0.5, 0.6) is 0 Å². The van der Waals surface area contributed by atoms with Crippen molar-refractivity contribution in [3.05, 3.63) is 41.9 Å². The maximum absolute atomic E-state index is 12.6. The molecule has 5 heteroatoms. The highest BCUT2D eigenvalue weighted by molar-refractivity contribution is 5.81. The number of imidazole rings is 1. The van der Waals surface area contributed by atoms with Gasteiger partial charge < -0.3 is 14.2 Å². The van der Waals surface area contributed by atoms with Crippen molar-refractivity contribution in [3.8, 4) is 11.3 Å². The zero-order valence-corrected chi connectivity index (χ0v) is 14.9. The molecule has 1 saturated carbocycles. The Labute approximate surface area is 148 Å². The Kier molecular flexibility index (Phi) is 4.34. The molecule has 0 bridgehead atoms. The fourth-order valence-electron chi connectivity index (χ4n) is 3.82. The second-order valence-corrected chi connectivity index (χ2v) is 7.20. The molecule has 1 aromatic heterocycles. The maximum Gasteiger partial charge on any atom is 0.226 e. The van der Waals surface area contributed by atoms with E-state index in [-0.39, 0.29) is 5.92 Å². The van der Waals surface area contributed by atoms with Gasteiger partial charge in [-0.25, -0.2) is 4.98 Å². The van der Waals surface area contributed by atoms with Crippen LogP contribution in [0.3, 0.4) is 0 Å². The van der Waals surface area contributed by atoms with Crippen LogP contribution in [-0.2, 0) is 29.1 Å². The number of aromatic nitrogens is 2. The van der Waals surface area contributed by atoms with Gasteiger partial charge in [-0.3, -0.25) is 4.79 Å². The van der Waals surface area contributed by atoms with Crippen molar-refractivity contribution in [1.29, 1.82) is 0 Å². The number of amides is 1. The van der Waals surface area contributed by atoms with Crippen LogP contribution in [0.4, 0.5) is 0 Å². The Morgan fingerprint density at radius 3 is 2.84 bits per heavy atom. The Hall–Kier alpha value is -2.14. The summed E-state index contributed by atoms with van der Waals surface area (Å²) < 4.78 is 7.62. The minimum atomic E-state index is 0.257. The lowest BCUT2D eigenvalue weighted by molar-refractivity contribution is -0.132. The monoisotopic (exact) mass is 339 g/mol. The fraction of sp³-hybridized carbons (Fsp3) is 0.500. The summed E-state index contributed by atoms with van der Waals surface area (Å²) in [6, 6.07) is 8.31. The standard InChI is InChI=1S/C20H25N3O2/c1-14-11-17(14)20(24)22-8-7-19-21-12-18(23(19)10-9-22)16-6-4-3-5-15(16)13-25-2/h3-6,12,14,17H,7-11,13H2,1-2H3/t14-,17+/m0/s1. The van der Waals surface area contributed by atoms with Crippen molar-refractivity contribution >= 4 is 5.91 Å². The molecule has 0 spiro atoms. The largest absolute Gasteiger partial charge is 0.380 e. The highest BCUT2D eigenvalue weighted by Crippen LogP contribution is 2.39. The van der Waals surface area contributed by atoms with Crippen LogP contribution in [0.1, 0.15) is 24.7 Å². The van der Waals surface area contributed by atoms with Crippen LogP contribution < -0.4 is 0 Å². The molecular formula is C20H25N3O2. The van der Waals surface area contributed by atoms with Crippen molar-refractivity contribution in [1.82, 2.24) is 14.5 Å². The summed E-state index contributed by atoms with van der Waals surface area (Å²) >= 11 is 0. The third-order valence-electron chi connectivity index (χ3n) is 5.47.